The van der Waals surface area contributed by atoms with E-state index in [9.17, 15) is 0 Å². The lowest BCUT2D eigenvalue weighted by atomic mass is 10.0. The van der Waals surface area contributed by atoms with Crippen molar-refractivity contribution in [2.75, 3.05) is 10.6 Å². The van der Waals surface area contributed by atoms with Crippen LogP contribution in [-0.2, 0) is 6.42 Å². The van der Waals surface area contributed by atoms with E-state index >= 15 is 0 Å². The van der Waals surface area contributed by atoms with Crippen molar-refractivity contribution in [3.05, 3.63) is 72.4 Å². The minimum Gasteiger partial charge on any atom is -0.382 e. The lowest BCUT2D eigenvalue weighted by Crippen LogP contribution is -2.18. The number of hydrogen-bond donors (Lipinski definition) is 2. The molecule has 142 valence electrons. The molecule has 1 atom stereocenters. The lowest BCUT2D eigenvalue weighted by molar-refractivity contribution is 0.791. The fourth-order valence-electron chi connectivity index (χ4n) is 3.52. The van der Waals surface area contributed by atoms with Crippen molar-refractivity contribution in [3.63, 3.8) is 0 Å². The number of benzene rings is 2. The van der Waals surface area contributed by atoms with Gasteiger partial charge in [-0.1, -0.05) is 18.2 Å². The van der Waals surface area contributed by atoms with Crippen molar-refractivity contribution in [1.82, 2.24) is 9.97 Å². The average Bonchev–Trinajstić information content (AvgIpc) is 2.67. The van der Waals surface area contributed by atoms with Crippen LogP contribution in [0.3, 0.4) is 0 Å². The Bertz CT molecular complexity index is 1100. The Hall–Kier alpha value is -3.14. The maximum absolute atomic E-state index is 4.70. The Balaban J connectivity index is 1.47. The number of nitrogens with one attached hydrogen (secondary N) is 2. The first-order valence-corrected chi connectivity index (χ1v) is 9.84. The summed E-state index contributed by atoms with van der Waals surface area (Å²) in [6, 6.07) is 21.8. The predicted molar refractivity (Wildman–Crippen MR) is 119 cm³/mol. The Morgan fingerprint density at radius 2 is 1.68 bits per heavy atom. The highest BCUT2D eigenvalue weighted by Gasteiger charge is 2.07. The average molecular weight is 371 g/mol. The Kier molecular flexibility index (Phi) is 5.11. The molecule has 4 heteroatoms. The van der Waals surface area contributed by atoms with E-state index in [4.69, 9.17) is 4.98 Å². The van der Waals surface area contributed by atoms with Crippen molar-refractivity contribution in [1.29, 1.82) is 0 Å². The molecule has 4 nitrogen and oxygen atoms in total. The molecule has 1 unspecified atom stereocenters. The number of nitrogens with zero attached hydrogens (tertiary/aromatic N) is 2. The standard InChI is InChI=1S/C24H26N4/c1-16(2)26-24-11-8-20-14-18(6-10-22(20)28-24)13-17(3)27-21-9-7-19-5-4-12-25-23(19)15-21/h4-12,14-17,27H,13H2,1-3H3,(H,26,28). The fourth-order valence-corrected chi connectivity index (χ4v) is 3.52. The van der Waals surface area contributed by atoms with Crippen molar-refractivity contribution in [3.8, 4) is 0 Å². The van der Waals surface area contributed by atoms with E-state index in [0.717, 1.165) is 34.3 Å². The third-order valence-corrected chi connectivity index (χ3v) is 4.75. The van der Waals surface area contributed by atoms with Gasteiger partial charge >= 0.3 is 0 Å². The van der Waals surface area contributed by atoms with Crippen LogP contribution < -0.4 is 10.6 Å². The van der Waals surface area contributed by atoms with Gasteiger partial charge in [0.2, 0.25) is 0 Å². The number of aromatic nitrogens is 2. The van der Waals surface area contributed by atoms with Crippen molar-refractivity contribution < 1.29 is 0 Å². The number of anilines is 2. The number of hydrogen-bond acceptors (Lipinski definition) is 4. The molecule has 2 aromatic carbocycles. The maximum Gasteiger partial charge on any atom is 0.126 e. The van der Waals surface area contributed by atoms with Crippen LogP contribution in [0, 0.1) is 0 Å². The largest absolute Gasteiger partial charge is 0.382 e. The first kappa shape index (κ1) is 18.2. The van der Waals surface area contributed by atoms with Gasteiger partial charge < -0.3 is 10.6 Å². The van der Waals surface area contributed by atoms with Crippen LogP contribution in [0.4, 0.5) is 11.5 Å². The van der Waals surface area contributed by atoms with E-state index in [1.54, 1.807) is 0 Å². The molecule has 0 saturated carbocycles. The minimum absolute atomic E-state index is 0.313. The van der Waals surface area contributed by atoms with Gasteiger partial charge in [-0.15, -0.1) is 0 Å². The Labute approximate surface area is 166 Å². The van der Waals surface area contributed by atoms with Crippen LogP contribution in [0.2, 0.25) is 0 Å². The molecular weight excluding hydrogens is 344 g/mol. The number of pyridine rings is 2. The van der Waals surface area contributed by atoms with Crippen LogP contribution >= 0.6 is 0 Å². The highest BCUT2D eigenvalue weighted by Crippen LogP contribution is 2.21. The van der Waals surface area contributed by atoms with E-state index in [2.05, 4.69) is 91.0 Å². The van der Waals surface area contributed by atoms with Crippen LogP contribution in [0.15, 0.2) is 66.9 Å². The maximum atomic E-state index is 4.70. The number of fused-ring (bicyclic) bond motifs is 2. The van der Waals surface area contributed by atoms with Crippen LogP contribution in [-0.4, -0.2) is 22.1 Å². The van der Waals surface area contributed by atoms with E-state index in [1.807, 2.05) is 12.3 Å². The lowest BCUT2D eigenvalue weighted by Gasteiger charge is -2.16. The molecule has 0 aliphatic rings. The molecule has 0 saturated heterocycles. The van der Waals surface area contributed by atoms with Crippen LogP contribution in [0.5, 0.6) is 0 Å². The topological polar surface area (TPSA) is 49.8 Å². The molecule has 0 aliphatic heterocycles. The monoisotopic (exact) mass is 370 g/mol. The van der Waals surface area contributed by atoms with Crippen molar-refractivity contribution in [2.24, 2.45) is 0 Å². The fraction of sp³-hybridized carbons (Fsp3) is 0.250. The van der Waals surface area contributed by atoms with Gasteiger partial charge in [-0.2, -0.15) is 0 Å². The Morgan fingerprint density at radius 3 is 2.54 bits per heavy atom. The molecule has 0 aliphatic carbocycles. The molecule has 2 aromatic heterocycles. The molecule has 0 fully saturated rings. The zero-order chi connectivity index (χ0) is 19.5. The first-order valence-electron chi connectivity index (χ1n) is 9.84. The minimum atomic E-state index is 0.313. The van der Waals surface area contributed by atoms with Gasteiger partial charge in [-0.3, -0.25) is 4.98 Å². The number of rotatable bonds is 6. The third kappa shape index (κ3) is 4.22. The van der Waals surface area contributed by atoms with Gasteiger partial charge in [0.25, 0.3) is 0 Å². The smallest absolute Gasteiger partial charge is 0.126 e. The summed E-state index contributed by atoms with van der Waals surface area (Å²) in [6.07, 6.45) is 2.78. The normalized spacial score (nSPS) is 12.4. The molecule has 0 amide bonds. The van der Waals surface area contributed by atoms with E-state index in [-0.39, 0.29) is 0 Å². The first-order chi connectivity index (χ1) is 13.6. The predicted octanol–water partition coefficient (Wildman–Crippen LogP) is 5.65. The van der Waals surface area contributed by atoms with Crippen molar-refractivity contribution >= 4 is 33.3 Å². The second kappa shape index (κ2) is 7.85. The summed E-state index contributed by atoms with van der Waals surface area (Å²) in [5.41, 5.74) is 4.45. The van der Waals surface area contributed by atoms with Gasteiger partial charge in [0.05, 0.1) is 11.0 Å². The summed E-state index contributed by atoms with van der Waals surface area (Å²) in [7, 11) is 0. The highest BCUT2D eigenvalue weighted by molar-refractivity contribution is 5.82. The van der Waals surface area contributed by atoms with E-state index < -0.39 is 0 Å². The molecule has 0 bridgehead atoms. The summed E-state index contributed by atoms with van der Waals surface area (Å²) >= 11 is 0. The molecular formula is C24H26N4. The second-order valence-corrected chi connectivity index (χ2v) is 7.68. The van der Waals surface area contributed by atoms with E-state index in [1.165, 1.54) is 10.9 Å². The van der Waals surface area contributed by atoms with Gasteiger partial charge in [0.1, 0.15) is 5.82 Å². The highest BCUT2D eigenvalue weighted by atomic mass is 15.0. The quantitative estimate of drug-likeness (QED) is 0.461. The van der Waals surface area contributed by atoms with Gasteiger partial charge in [-0.25, -0.2) is 4.98 Å². The molecule has 2 N–H and O–H groups in total. The van der Waals surface area contributed by atoms with Gasteiger partial charge in [0, 0.05) is 34.7 Å². The van der Waals surface area contributed by atoms with Gasteiger partial charge in [0.15, 0.2) is 0 Å². The zero-order valence-electron chi connectivity index (χ0n) is 16.6. The summed E-state index contributed by atoms with van der Waals surface area (Å²) in [5.74, 6) is 0.926. The second-order valence-electron chi connectivity index (χ2n) is 7.68. The Morgan fingerprint density at radius 1 is 0.821 bits per heavy atom. The molecule has 4 aromatic rings. The van der Waals surface area contributed by atoms with Crippen LogP contribution in [0.1, 0.15) is 26.3 Å². The molecule has 0 radical (unpaired) electrons. The van der Waals surface area contributed by atoms with Gasteiger partial charge in [-0.05, 0) is 75.2 Å². The summed E-state index contributed by atoms with van der Waals surface area (Å²) in [5, 5.41) is 9.29. The summed E-state index contributed by atoms with van der Waals surface area (Å²) < 4.78 is 0. The summed E-state index contributed by atoms with van der Waals surface area (Å²) in [6.45, 7) is 6.45. The third-order valence-electron chi connectivity index (χ3n) is 4.75. The van der Waals surface area contributed by atoms with Crippen molar-refractivity contribution in [2.45, 2.75) is 39.3 Å². The van der Waals surface area contributed by atoms with Crippen LogP contribution in [0.25, 0.3) is 21.8 Å². The molecule has 2 heterocycles. The molecule has 4 rings (SSSR count). The zero-order valence-corrected chi connectivity index (χ0v) is 16.6. The van der Waals surface area contributed by atoms with E-state index in [0.29, 0.717) is 12.1 Å². The summed E-state index contributed by atoms with van der Waals surface area (Å²) in [4.78, 5) is 9.14. The molecule has 28 heavy (non-hydrogen) atoms. The molecule has 0 spiro atoms. The SMILES string of the molecule is CC(C)Nc1ccc2cc(CC(C)Nc3ccc4cccnc4c3)ccc2n1.